The van der Waals surface area contributed by atoms with Crippen molar-refractivity contribution in [2.75, 3.05) is 13.1 Å². The molecule has 26 heavy (non-hydrogen) atoms. The molecule has 1 saturated heterocycles. The number of hydrogen-bond donors (Lipinski definition) is 1. The van der Waals surface area contributed by atoms with Gasteiger partial charge in [-0.1, -0.05) is 45.0 Å². The lowest BCUT2D eigenvalue weighted by Crippen LogP contribution is -2.40. The van der Waals surface area contributed by atoms with Crippen LogP contribution in [0.4, 0.5) is 0 Å². The van der Waals surface area contributed by atoms with Crippen molar-refractivity contribution in [3.63, 3.8) is 0 Å². The zero-order chi connectivity index (χ0) is 18.9. The van der Waals surface area contributed by atoms with Gasteiger partial charge in [0.15, 0.2) is 5.76 Å². The highest BCUT2D eigenvalue weighted by Gasteiger charge is 2.28. The van der Waals surface area contributed by atoms with Gasteiger partial charge < -0.3 is 14.4 Å². The molecule has 1 fully saturated rings. The Bertz CT molecular complexity index is 790. The van der Waals surface area contributed by atoms with Gasteiger partial charge in [-0.25, -0.2) is 0 Å². The lowest BCUT2D eigenvalue weighted by molar-refractivity contribution is -0.143. The predicted molar refractivity (Wildman–Crippen MR) is 99.1 cm³/mol. The molecule has 1 aromatic heterocycles. The quantitative estimate of drug-likeness (QED) is 0.896. The number of nitrogens with zero attached hydrogens (tertiary/aromatic N) is 1. The monoisotopic (exact) mass is 355 g/mol. The number of carbonyl (C=O) groups excluding carboxylic acids is 1. The minimum Gasteiger partial charge on any atom is -0.481 e. The number of hydrogen-bond acceptors (Lipinski definition) is 3. The summed E-state index contributed by atoms with van der Waals surface area (Å²) in [6.07, 6.45) is 0.978. The number of piperidine rings is 1. The Morgan fingerprint density at radius 2 is 1.65 bits per heavy atom. The molecule has 1 aromatic carbocycles. The third-order valence-electron chi connectivity index (χ3n) is 4.98. The number of likely N-dealkylation sites (tertiary alicyclic amines) is 1. The van der Waals surface area contributed by atoms with Gasteiger partial charge in [0, 0.05) is 18.7 Å². The molecule has 5 nitrogen and oxygen atoms in total. The maximum absolute atomic E-state index is 12.6. The first-order valence-corrected chi connectivity index (χ1v) is 8.98. The zero-order valence-electron chi connectivity index (χ0n) is 15.5. The molecule has 3 rings (SSSR count). The Hall–Kier alpha value is -2.56. The van der Waals surface area contributed by atoms with Gasteiger partial charge in [-0.2, -0.15) is 0 Å². The second-order valence-corrected chi connectivity index (χ2v) is 7.90. The summed E-state index contributed by atoms with van der Waals surface area (Å²) < 4.78 is 5.78. The molecule has 2 aromatic rings. The lowest BCUT2D eigenvalue weighted by atomic mass is 9.86. The van der Waals surface area contributed by atoms with Crippen LogP contribution in [-0.4, -0.2) is 35.0 Å². The number of furan rings is 1. The topological polar surface area (TPSA) is 70.8 Å². The van der Waals surface area contributed by atoms with E-state index in [1.165, 1.54) is 5.56 Å². The number of carboxylic acid groups (broad SMARTS) is 1. The average molecular weight is 355 g/mol. The van der Waals surface area contributed by atoms with Gasteiger partial charge in [0.25, 0.3) is 5.91 Å². The molecule has 0 saturated carbocycles. The van der Waals surface area contributed by atoms with Crippen LogP contribution in [0.2, 0.25) is 0 Å². The Labute approximate surface area is 153 Å². The van der Waals surface area contributed by atoms with Gasteiger partial charge in [-0.3, -0.25) is 9.59 Å². The molecule has 0 unspecified atom stereocenters. The van der Waals surface area contributed by atoms with Crippen LogP contribution >= 0.6 is 0 Å². The summed E-state index contributed by atoms with van der Waals surface area (Å²) in [5, 5.41) is 9.06. The number of rotatable bonds is 3. The first kappa shape index (κ1) is 18.2. The summed E-state index contributed by atoms with van der Waals surface area (Å²) in [6, 6.07) is 11.7. The molecular weight excluding hydrogens is 330 g/mol. The molecule has 138 valence electrons. The van der Waals surface area contributed by atoms with Crippen LogP contribution in [-0.2, 0) is 10.2 Å². The van der Waals surface area contributed by atoms with Gasteiger partial charge in [-0.15, -0.1) is 0 Å². The highest BCUT2D eigenvalue weighted by Crippen LogP contribution is 2.28. The van der Waals surface area contributed by atoms with Crippen LogP contribution in [0.15, 0.2) is 40.8 Å². The second-order valence-electron chi connectivity index (χ2n) is 7.90. The van der Waals surface area contributed by atoms with E-state index in [-0.39, 0.29) is 17.2 Å². The standard InChI is InChI=1S/C21H25NO4/c1-21(2,3)16-6-4-14(5-7-16)17-8-9-18(26-17)19(23)22-12-10-15(11-13-22)20(24)25/h4-9,15H,10-13H2,1-3H3,(H,24,25). The molecule has 0 spiro atoms. The largest absolute Gasteiger partial charge is 0.481 e. The lowest BCUT2D eigenvalue weighted by Gasteiger charge is -2.29. The van der Waals surface area contributed by atoms with Crippen molar-refractivity contribution in [1.29, 1.82) is 0 Å². The molecule has 0 atom stereocenters. The molecule has 0 aliphatic carbocycles. The van der Waals surface area contributed by atoms with Crippen molar-refractivity contribution in [3.05, 3.63) is 47.7 Å². The first-order valence-electron chi connectivity index (χ1n) is 8.98. The minimum absolute atomic E-state index is 0.0882. The molecular formula is C21H25NO4. The van der Waals surface area contributed by atoms with E-state index in [0.717, 1.165) is 5.56 Å². The van der Waals surface area contributed by atoms with E-state index in [2.05, 4.69) is 32.9 Å². The highest BCUT2D eigenvalue weighted by atomic mass is 16.4. The third-order valence-corrected chi connectivity index (χ3v) is 4.98. The number of amides is 1. The van der Waals surface area contributed by atoms with Crippen LogP contribution in [0.5, 0.6) is 0 Å². The second kappa shape index (κ2) is 6.98. The molecule has 1 amide bonds. The molecule has 1 aliphatic rings. The van der Waals surface area contributed by atoms with Crippen LogP contribution in [0.1, 0.15) is 49.7 Å². The van der Waals surface area contributed by atoms with Gasteiger partial charge in [0.1, 0.15) is 5.76 Å². The van der Waals surface area contributed by atoms with E-state index in [1.54, 1.807) is 11.0 Å². The normalized spacial score (nSPS) is 15.9. The van der Waals surface area contributed by atoms with Crippen molar-refractivity contribution >= 4 is 11.9 Å². The fourth-order valence-corrected chi connectivity index (χ4v) is 3.23. The Balaban J connectivity index is 1.70. The Kier molecular flexibility index (Phi) is 4.90. The third kappa shape index (κ3) is 3.82. The summed E-state index contributed by atoms with van der Waals surface area (Å²) in [5.74, 6) is -0.349. The zero-order valence-corrected chi connectivity index (χ0v) is 15.5. The first-order chi connectivity index (χ1) is 12.3. The molecule has 5 heteroatoms. The van der Waals surface area contributed by atoms with Gasteiger partial charge in [0.2, 0.25) is 0 Å². The SMILES string of the molecule is CC(C)(C)c1ccc(-c2ccc(C(=O)N3CCC(C(=O)O)CC3)o2)cc1. The van der Waals surface area contributed by atoms with Crippen molar-refractivity contribution in [2.45, 2.75) is 39.0 Å². The van der Waals surface area contributed by atoms with E-state index in [0.29, 0.717) is 37.5 Å². The molecule has 1 N–H and O–H groups in total. The van der Waals surface area contributed by atoms with Crippen LogP contribution in [0, 0.1) is 5.92 Å². The maximum atomic E-state index is 12.6. The summed E-state index contributed by atoms with van der Waals surface area (Å²) in [5.41, 5.74) is 2.26. The fourth-order valence-electron chi connectivity index (χ4n) is 3.23. The molecule has 2 heterocycles. The number of aliphatic carboxylic acids is 1. The average Bonchev–Trinajstić information content (AvgIpc) is 3.10. The Morgan fingerprint density at radius 3 is 2.19 bits per heavy atom. The van der Waals surface area contributed by atoms with Crippen LogP contribution in [0.25, 0.3) is 11.3 Å². The van der Waals surface area contributed by atoms with E-state index in [4.69, 9.17) is 9.52 Å². The summed E-state index contributed by atoms with van der Waals surface area (Å²) in [6.45, 7) is 7.40. The predicted octanol–water partition coefficient (Wildman–Crippen LogP) is 4.18. The summed E-state index contributed by atoms with van der Waals surface area (Å²) >= 11 is 0. The van der Waals surface area contributed by atoms with Gasteiger partial charge >= 0.3 is 5.97 Å². The highest BCUT2D eigenvalue weighted by molar-refractivity contribution is 5.92. The van der Waals surface area contributed by atoms with Crippen molar-refractivity contribution < 1.29 is 19.1 Å². The van der Waals surface area contributed by atoms with E-state index < -0.39 is 5.97 Å². The van der Waals surface area contributed by atoms with E-state index in [9.17, 15) is 9.59 Å². The fraction of sp³-hybridized carbons (Fsp3) is 0.429. The van der Waals surface area contributed by atoms with Gasteiger partial charge in [0.05, 0.1) is 5.92 Å². The van der Waals surface area contributed by atoms with Gasteiger partial charge in [-0.05, 0) is 36.0 Å². The van der Waals surface area contributed by atoms with Crippen molar-refractivity contribution in [3.8, 4) is 11.3 Å². The van der Waals surface area contributed by atoms with Crippen LogP contribution in [0.3, 0.4) is 0 Å². The number of benzene rings is 1. The summed E-state index contributed by atoms with van der Waals surface area (Å²) in [4.78, 5) is 25.3. The number of carboxylic acids is 1. The van der Waals surface area contributed by atoms with Crippen molar-refractivity contribution in [1.82, 2.24) is 4.90 Å². The van der Waals surface area contributed by atoms with E-state index in [1.807, 2.05) is 18.2 Å². The van der Waals surface area contributed by atoms with E-state index >= 15 is 0 Å². The minimum atomic E-state index is -0.781. The molecule has 0 radical (unpaired) electrons. The maximum Gasteiger partial charge on any atom is 0.306 e. The van der Waals surface area contributed by atoms with Crippen molar-refractivity contribution in [2.24, 2.45) is 5.92 Å². The number of carbonyl (C=O) groups is 2. The molecule has 0 bridgehead atoms. The Morgan fingerprint density at radius 1 is 1.04 bits per heavy atom. The molecule has 1 aliphatic heterocycles. The smallest absolute Gasteiger partial charge is 0.306 e. The van der Waals surface area contributed by atoms with Crippen LogP contribution < -0.4 is 0 Å². The summed E-state index contributed by atoms with van der Waals surface area (Å²) in [7, 11) is 0.